The number of aromatic nitrogens is 1. The van der Waals surface area contributed by atoms with Crippen molar-refractivity contribution in [3.63, 3.8) is 0 Å². The number of pyridine rings is 1. The van der Waals surface area contributed by atoms with Gasteiger partial charge >= 0.3 is 0 Å². The molecule has 0 N–H and O–H groups in total. The Bertz CT molecular complexity index is 936. The van der Waals surface area contributed by atoms with Crippen LogP contribution < -0.4 is 5.56 Å². The number of thioether (sulfide) groups is 1. The maximum atomic E-state index is 12.7. The molecule has 4 rings (SSSR count). The molecule has 1 fully saturated rings. The second-order valence-electron chi connectivity index (χ2n) is 8.14. The van der Waals surface area contributed by atoms with Gasteiger partial charge in [-0.1, -0.05) is 12.1 Å². The molecule has 28 heavy (non-hydrogen) atoms. The highest BCUT2D eigenvalue weighted by Gasteiger charge is 2.37. The summed E-state index contributed by atoms with van der Waals surface area (Å²) in [6.07, 6.45) is 3.12. The number of likely N-dealkylation sites (N-methyl/N-ethyl adjacent to an activating group) is 1. The van der Waals surface area contributed by atoms with Gasteiger partial charge in [0.05, 0.1) is 6.54 Å². The van der Waals surface area contributed by atoms with Crippen molar-refractivity contribution < 1.29 is 4.79 Å². The molecular formula is C22H27N3O2S. The Morgan fingerprint density at radius 2 is 1.86 bits per heavy atom. The summed E-state index contributed by atoms with van der Waals surface area (Å²) in [6, 6.07) is 12.2. The Morgan fingerprint density at radius 1 is 1.11 bits per heavy atom. The van der Waals surface area contributed by atoms with Crippen molar-refractivity contribution in [3.8, 4) is 11.1 Å². The molecule has 2 aliphatic heterocycles. The van der Waals surface area contributed by atoms with Crippen LogP contribution in [0.1, 0.15) is 18.0 Å². The van der Waals surface area contributed by atoms with E-state index in [2.05, 4.69) is 30.5 Å². The lowest BCUT2D eigenvalue weighted by Crippen LogP contribution is -2.51. The molecule has 148 valence electrons. The van der Waals surface area contributed by atoms with Crippen LogP contribution in [0, 0.1) is 5.92 Å². The molecule has 1 aromatic heterocycles. The van der Waals surface area contributed by atoms with Crippen molar-refractivity contribution in [1.82, 2.24) is 14.4 Å². The van der Waals surface area contributed by atoms with E-state index in [9.17, 15) is 9.59 Å². The van der Waals surface area contributed by atoms with E-state index in [1.165, 1.54) is 4.90 Å². The number of carbonyl (C=O) groups is 1. The molecule has 1 amide bonds. The number of hydrogen-bond donors (Lipinski definition) is 0. The number of carbonyl (C=O) groups excluding carboxylic acids is 1. The molecule has 0 spiro atoms. The van der Waals surface area contributed by atoms with Crippen molar-refractivity contribution in [2.24, 2.45) is 5.92 Å². The average Bonchev–Trinajstić information content (AvgIpc) is 2.68. The zero-order valence-corrected chi connectivity index (χ0v) is 17.5. The van der Waals surface area contributed by atoms with Crippen molar-refractivity contribution in [2.45, 2.75) is 23.8 Å². The smallest absolute Gasteiger partial charge is 0.250 e. The number of amides is 1. The fourth-order valence-electron chi connectivity index (χ4n) is 4.60. The molecule has 5 nitrogen and oxygen atoms in total. The van der Waals surface area contributed by atoms with Gasteiger partial charge in [0.2, 0.25) is 5.91 Å². The first-order valence-electron chi connectivity index (χ1n) is 9.77. The quantitative estimate of drug-likeness (QED) is 0.745. The third kappa shape index (κ3) is 3.63. The minimum Gasteiger partial charge on any atom is -0.341 e. The van der Waals surface area contributed by atoms with Crippen LogP contribution in [0.4, 0.5) is 0 Å². The lowest BCUT2D eigenvalue weighted by Gasteiger charge is -2.43. The molecule has 2 atom stereocenters. The second-order valence-corrected chi connectivity index (χ2v) is 9.02. The summed E-state index contributed by atoms with van der Waals surface area (Å²) in [5, 5.41) is 0. The number of nitrogens with zero attached hydrogens (tertiary/aromatic N) is 3. The summed E-state index contributed by atoms with van der Waals surface area (Å²) in [6.45, 7) is 2.58. The molecule has 2 unspecified atom stereocenters. The summed E-state index contributed by atoms with van der Waals surface area (Å²) >= 11 is 1.72. The number of piperidine rings is 1. The molecule has 3 heterocycles. The molecule has 6 heteroatoms. The van der Waals surface area contributed by atoms with E-state index in [1.54, 1.807) is 17.8 Å². The summed E-state index contributed by atoms with van der Waals surface area (Å²) in [5.74, 6) is 0.740. The first kappa shape index (κ1) is 19.3. The van der Waals surface area contributed by atoms with Crippen molar-refractivity contribution >= 4 is 17.7 Å². The first-order valence-corrected chi connectivity index (χ1v) is 11.0. The topological polar surface area (TPSA) is 45.6 Å². The Morgan fingerprint density at radius 3 is 2.54 bits per heavy atom. The fourth-order valence-corrected chi connectivity index (χ4v) is 5.01. The Balaban J connectivity index is 1.72. The van der Waals surface area contributed by atoms with Gasteiger partial charge in [0.25, 0.3) is 5.56 Å². The zero-order chi connectivity index (χ0) is 19.8. The van der Waals surface area contributed by atoms with Gasteiger partial charge in [-0.2, -0.15) is 0 Å². The molecule has 1 saturated heterocycles. The monoisotopic (exact) mass is 397 g/mol. The summed E-state index contributed by atoms with van der Waals surface area (Å²) < 4.78 is 1.96. The Labute approximate surface area is 170 Å². The van der Waals surface area contributed by atoms with Gasteiger partial charge in [0.1, 0.15) is 0 Å². The summed E-state index contributed by atoms with van der Waals surface area (Å²) in [4.78, 5) is 30.4. The summed E-state index contributed by atoms with van der Waals surface area (Å²) in [7, 11) is 3.85. The SMILES string of the molecule is CSc1ccc(-c2ccc(=O)n3c2C2CC(CN(C(=O)CN(C)C)C2)C3)cc1. The van der Waals surface area contributed by atoms with Gasteiger partial charge in [0.15, 0.2) is 0 Å². The van der Waals surface area contributed by atoms with Crippen LogP contribution in [-0.2, 0) is 11.3 Å². The highest BCUT2D eigenvalue weighted by molar-refractivity contribution is 7.98. The highest BCUT2D eigenvalue weighted by Crippen LogP contribution is 2.40. The van der Waals surface area contributed by atoms with Crippen LogP contribution in [0.25, 0.3) is 11.1 Å². The summed E-state index contributed by atoms with van der Waals surface area (Å²) in [5.41, 5.74) is 3.43. The standard InChI is InChI=1S/C22H27N3O2S/c1-23(2)14-21(27)24-11-15-10-17(13-24)22-19(8-9-20(26)25(22)12-15)16-4-6-18(28-3)7-5-16/h4-9,15,17H,10-14H2,1-3H3. The van der Waals surface area contributed by atoms with E-state index in [1.807, 2.05) is 34.5 Å². The van der Waals surface area contributed by atoms with Crippen LogP contribution in [0.15, 0.2) is 46.1 Å². The van der Waals surface area contributed by atoms with Crippen molar-refractivity contribution in [1.29, 1.82) is 0 Å². The van der Waals surface area contributed by atoms with Gasteiger partial charge in [0, 0.05) is 47.8 Å². The molecule has 0 radical (unpaired) electrons. The molecule has 0 saturated carbocycles. The van der Waals surface area contributed by atoms with Crippen LogP contribution in [0.5, 0.6) is 0 Å². The van der Waals surface area contributed by atoms with Crippen LogP contribution >= 0.6 is 11.8 Å². The number of hydrogen-bond acceptors (Lipinski definition) is 4. The number of fused-ring (bicyclic) bond motifs is 4. The zero-order valence-electron chi connectivity index (χ0n) is 16.7. The predicted octanol–water partition coefficient (Wildman–Crippen LogP) is 2.74. The average molecular weight is 398 g/mol. The normalized spacial score (nSPS) is 20.9. The minimum absolute atomic E-state index is 0.0715. The van der Waals surface area contributed by atoms with E-state index in [0.29, 0.717) is 25.6 Å². The third-order valence-corrected chi connectivity index (χ3v) is 6.54. The van der Waals surface area contributed by atoms with Crippen LogP contribution in [0.2, 0.25) is 0 Å². The van der Waals surface area contributed by atoms with Gasteiger partial charge in [-0.3, -0.25) is 9.59 Å². The molecule has 2 aliphatic rings. The molecule has 2 bridgehead atoms. The van der Waals surface area contributed by atoms with Crippen molar-refractivity contribution in [2.75, 3.05) is 40.0 Å². The second kappa shape index (κ2) is 7.76. The predicted molar refractivity (Wildman–Crippen MR) is 114 cm³/mol. The van der Waals surface area contributed by atoms with Gasteiger partial charge in [-0.05, 0) is 56.5 Å². The van der Waals surface area contributed by atoms with Crippen LogP contribution in [0.3, 0.4) is 0 Å². The number of benzene rings is 1. The molecular weight excluding hydrogens is 370 g/mol. The van der Waals surface area contributed by atoms with E-state index in [0.717, 1.165) is 29.8 Å². The molecule has 0 aliphatic carbocycles. The van der Waals surface area contributed by atoms with Crippen molar-refractivity contribution in [3.05, 3.63) is 52.4 Å². The Kier molecular flexibility index (Phi) is 5.34. The maximum Gasteiger partial charge on any atom is 0.250 e. The fraction of sp³-hybridized carbons (Fsp3) is 0.455. The molecule has 2 aromatic rings. The van der Waals surface area contributed by atoms with Gasteiger partial charge in [-0.25, -0.2) is 0 Å². The van der Waals surface area contributed by atoms with E-state index in [4.69, 9.17) is 0 Å². The largest absolute Gasteiger partial charge is 0.341 e. The number of likely N-dealkylation sites (tertiary alicyclic amines) is 1. The van der Waals surface area contributed by atoms with E-state index < -0.39 is 0 Å². The third-order valence-electron chi connectivity index (χ3n) is 5.80. The van der Waals surface area contributed by atoms with Gasteiger partial charge in [-0.15, -0.1) is 11.8 Å². The van der Waals surface area contributed by atoms with E-state index >= 15 is 0 Å². The number of rotatable bonds is 4. The van der Waals surface area contributed by atoms with Gasteiger partial charge < -0.3 is 14.4 Å². The van der Waals surface area contributed by atoms with E-state index in [-0.39, 0.29) is 17.4 Å². The lowest BCUT2D eigenvalue weighted by atomic mass is 9.80. The minimum atomic E-state index is 0.0715. The van der Waals surface area contributed by atoms with Crippen LogP contribution in [-0.4, -0.2) is 60.3 Å². The molecule has 1 aromatic carbocycles. The maximum absolute atomic E-state index is 12.7. The first-order chi connectivity index (χ1) is 13.5. The highest BCUT2D eigenvalue weighted by atomic mass is 32.2. The lowest BCUT2D eigenvalue weighted by molar-refractivity contribution is -0.134. The Hall–Kier alpha value is -2.05.